The molecule has 0 aliphatic carbocycles. The highest BCUT2D eigenvalue weighted by Gasteiger charge is 2.13. The molecule has 0 heterocycles. The summed E-state index contributed by atoms with van der Waals surface area (Å²) in [7, 11) is 0. The Kier molecular flexibility index (Phi) is 6.53. The first kappa shape index (κ1) is 18.9. The normalized spacial score (nSPS) is 11.2. The van der Waals surface area contributed by atoms with Gasteiger partial charge in [-0.2, -0.15) is 0 Å². The van der Waals surface area contributed by atoms with Crippen molar-refractivity contribution in [3.63, 3.8) is 0 Å². The van der Waals surface area contributed by atoms with Crippen LogP contribution >= 0.6 is 0 Å². The molecule has 0 aliphatic rings. The molecule has 0 saturated carbocycles. The van der Waals surface area contributed by atoms with Gasteiger partial charge in [-0.15, -0.1) is 0 Å². The first-order valence-corrected chi connectivity index (χ1v) is 8.88. The Morgan fingerprint density at radius 3 is 1.93 bits per heavy atom. The lowest BCUT2D eigenvalue weighted by atomic mass is 10.2. The zero-order valence-electron chi connectivity index (χ0n) is 15.2. The van der Waals surface area contributed by atoms with E-state index >= 15 is 0 Å². The number of para-hydroxylation sites is 1. The summed E-state index contributed by atoms with van der Waals surface area (Å²) in [5.41, 5.74) is 2.29. The van der Waals surface area contributed by atoms with Crippen LogP contribution in [0.15, 0.2) is 109 Å². The fraction of sp³-hybridized carbons (Fsp3) is 0. The van der Waals surface area contributed by atoms with Crippen LogP contribution in [-0.2, 0) is 4.79 Å². The van der Waals surface area contributed by atoms with E-state index in [1.54, 1.807) is 48.6 Å². The van der Waals surface area contributed by atoms with Gasteiger partial charge in [0.1, 0.15) is 5.70 Å². The fourth-order valence-corrected chi connectivity index (χ4v) is 2.50. The van der Waals surface area contributed by atoms with Crippen LogP contribution in [0.25, 0.3) is 6.08 Å². The van der Waals surface area contributed by atoms with Gasteiger partial charge in [0.05, 0.1) is 0 Å². The van der Waals surface area contributed by atoms with Crippen molar-refractivity contribution >= 4 is 23.6 Å². The van der Waals surface area contributed by atoms with Gasteiger partial charge in [-0.05, 0) is 35.9 Å². The molecule has 0 bridgehead atoms. The van der Waals surface area contributed by atoms with Crippen molar-refractivity contribution in [2.45, 2.75) is 0 Å². The molecule has 0 radical (unpaired) electrons. The molecule has 0 atom stereocenters. The molecule has 0 saturated heterocycles. The van der Waals surface area contributed by atoms with E-state index in [1.807, 2.05) is 60.7 Å². The van der Waals surface area contributed by atoms with Crippen molar-refractivity contribution < 1.29 is 9.59 Å². The maximum Gasteiger partial charge on any atom is 0.272 e. The maximum absolute atomic E-state index is 12.7. The summed E-state index contributed by atoms with van der Waals surface area (Å²) in [6, 6.07) is 27.6. The summed E-state index contributed by atoms with van der Waals surface area (Å²) in [5, 5.41) is 5.49. The Morgan fingerprint density at radius 1 is 0.714 bits per heavy atom. The summed E-state index contributed by atoms with van der Waals surface area (Å²) in [5.74, 6) is -0.739. The van der Waals surface area contributed by atoms with E-state index in [9.17, 15) is 9.59 Å². The maximum atomic E-state index is 12.7. The lowest BCUT2D eigenvalue weighted by Gasteiger charge is -2.10. The van der Waals surface area contributed by atoms with Gasteiger partial charge in [0.2, 0.25) is 0 Å². The van der Waals surface area contributed by atoms with Crippen molar-refractivity contribution in [1.82, 2.24) is 5.32 Å². The molecule has 2 amide bonds. The van der Waals surface area contributed by atoms with Crippen LogP contribution in [0.2, 0.25) is 0 Å². The summed E-state index contributed by atoms with van der Waals surface area (Å²) >= 11 is 0. The van der Waals surface area contributed by atoms with Crippen LogP contribution in [-0.4, -0.2) is 11.8 Å². The molecule has 3 aromatic carbocycles. The number of hydrogen-bond donors (Lipinski definition) is 2. The molecular weight excluding hydrogens is 348 g/mol. The predicted octanol–water partition coefficient (Wildman–Crippen LogP) is 4.65. The standard InChI is InChI=1S/C24H20N2O2/c27-23(20-14-6-2-7-15-20)26-22(18-10-13-19-11-4-1-5-12-19)24(28)25-21-16-8-3-9-17-21/h1-18H,(H,25,28)(H,26,27)/b13-10+,22-18-. The van der Waals surface area contributed by atoms with Crippen LogP contribution in [0, 0.1) is 0 Å². The average molecular weight is 368 g/mol. The van der Waals surface area contributed by atoms with E-state index in [4.69, 9.17) is 0 Å². The van der Waals surface area contributed by atoms with Gasteiger partial charge in [-0.3, -0.25) is 9.59 Å². The minimum Gasteiger partial charge on any atom is -0.321 e. The number of carbonyl (C=O) groups is 2. The van der Waals surface area contributed by atoms with E-state index in [2.05, 4.69) is 10.6 Å². The Balaban J connectivity index is 1.80. The minimum absolute atomic E-state index is 0.157. The topological polar surface area (TPSA) is 58.2 Å². The summed E-state index contributed by atoms with van der Waals surface area (Å²) in [6.07, 6.45) is 5.19. The monoisotopic (exact) mass is 368 g/mol. The number of carbonyl (C=O) groups excluding carboxylic acids is 2. The summed E-state index contributed by atoms with van der Waals surface area (Å²) in [6.45, 7) is 0. The number of benzene rings is 3. The highest BCUT2D eigenvalue weighted by atomic mass is 16.2. The zero-order chi connectivity index (χ0) is 19.6. The number of allylic oxidation sites excluding steroid dienone is 2. The molecule has 0 aliphatic heterocycles. The molecular formula is C24H20N2O2. The second-order valence-corrected chi connectivity index (χ2v) is 5.99. The van der Waals surface area contributed by atoms with Gasteiger partial charge < -0.3 is 10.6 Å². The van der Waals surface area contributed by atoms with Gasteiger partial charge in [-0.1, -0.05) is 78.9 Å². The number of nitrogens with one attached hydrogen (secondary N) is 2. The third-order valence-electron chi connectivity index (χ3n) is 3.91. The van der Waals surface area contributed by atoms with Gasteiger partial charge in [0.15, 0.2) is 0 Å². The molecule has 28 heavy (non-hydrogen) atoms. The Hall–Kier alpha value is -3.92. The second-order valence-electron chi connectivity index (χ2n) is 5.99. The predicted molar refractivity (Wildman–Crippen MR) is 113 cm³/mol. The van der Waals surface area contributed by atoms with Crippen LogP contribution < -0.4 is 10.6 Å². The molecule has 3 rings (SSSR count). The zero-order valence-corrected chi connectivity index (χ0v) is 15.2. The van der Waals surface area contributed by atoms with Crippen LogP contribution in [0.3, 0.4) is 0 Å². The van der Waals surface area contributed by atoms with Crippen molar-refractivity contribution in [1.29, 1.82) is 0 Å². The molecule has 0 fully saturated rings. The number of amides is 2. The van der Waals surface area contributed by atoms with Crippen molar-refractivity contribution in [3.8, 4) is 0 Å². The fourth-order valence-electron chi connectivity index (χ4n) is 2.50. The summed E-state index contributed by atoms with van der Waals surface area (Å²) < 4.78 is 0. The first-order chi connectivity index (χ1) is 13.7. The molecule has 3 aromatic rings. The molecule has 0 spiro atoms. The number of anilines is 1. The second kappa shape index (κ2) is 9.69. The number of hydrogen-bond acceptors (Lipinski definition) is 2. The SMILES string of the molecule is O=C(Nc1ccccc1)/C(=C/C=C/c1ccccc1)NC(=O)c1ccccc1. The van der Waals surface area contributed by atoms with Crippen LogP contribution in [0.4, 0.5) is 5.69 Å². The van der Waals surface area contributed by atoms with E-state index in [-0.39, 0.29) is 11.6 Å². The summed E-state index contributed by atoms with van der Waals surface area (Å²) in [4.78, 5) is 25.2. The number of rotatable bonds is 6. The lowest BCUT2D eigenvalue weighted by molar-refractivity contribution is -0.113. The quantitative estimate of drug-likeness (QED) is 0.491. The van der Waals surface area contributed by atoms with Crippen LogP contribution in [0.1, 0.15) is 15.9 Å². The minimum atomic E-state index is -0.395. The smallest absolute Gasteiger partial charge is 0.272 e. The van der Waals surface area contributed by atoms with Gasteiger partial charge in [0, 0.05) is 11.3 Å². The lowest BCUT2D eigenvalue weighted by Crippen LogP contribution is -2.30. The molecule has 0 aromatic heterocycles. The molecule has 4 nitrogen and oxygen atoms in total. The molecule has 4 heteroatoms. The molecule has 138 valence electrons. The van der Waals surface area contributed by atoms with E-state index in [1.165, 1.54) is 0 Å². The third kappa shape index (κ3) is 5.54. The largest absolute Gasteiger partial charge is 0.321 e. The first-order valence-electron chi connectivity index (χ1n) is 8.88. The van der Waals surface area contributed by atoms with Gasteiger partial charge >= 0.3 is 0 Å². The molecule has 0 unspecified atom stereocenters. The molecule has 2 N–H and O–H groups in total. The van der Waals surface area contributed by atoms with Gasteiger partial charge in [-0.25, -0.2) is 0 Å². The highest BCUT2D eigenvalue weighted by Crippen LogP contribution is 2.09. The van der Waals surface area contributed by atoms with Gasteiger partial charge in [0.25, 0.3) is 11.8 Å². The third-order valence-corrected chi connectivity index (χ3v) is 3.91. The Labute approximate surface area is 164 Å². The average Bonchev–Trinajstić information content (AvgIpc) is 2.75. The van der Waals surface area contributed by atoms with Crippen molar-refractivity contribution in [2.75, 3.05) is 5.32 Å². The van der Waals surface area contributed by atoms with E-state index in [0.717, 1.165) is 5.56 Å². The van der Waals surface area contributed by atoms with Crippen LogP contribution in [0.5, 0.6) is 0 Å². The van der Waals surface area contributed by atoms with Crippen molar-refractivity contribution in [2.24, 2.45) is 0 Å². The van der Waals surface area contributed by atoms with Crippen molar-refractivity contribution in [3.05, 3.63) is 120 Å². The highest BCUT2D eigenvalue weighted by molar-refractivity contribution is 6.08. The Morgan fingerprint density at radius 2 is 1.29 bits per heavy atom. The Bertz CT molecular complexity index is 979. The van der Waals surface area contributed by atoms with E-state index in [0.29, 0.717) is 11.3 Å². The van der Waals surface area contributed by atoms with E-state index < -0.39 is 5.91 Å².